The monoisotopic (exact) mass is 429 g/mol. The summed E-state index contributed by atoms with van der Waals surface area (Å²) in [7, 11) is -4.09. The molecule has 27 heavy (non-hydrogen) atoms. The molecule has 0 aromatic heterocycles. The van der Waals surface area contributed by atoms with Gasteiger partial charge in [0.25, 0.3) is 15.9 Å². The molecule has 0 bridgehead atoms. The van der Waals surface area contributed by atoms with Gasteiger partial charge in [-0.15, -0.1) is 5.90 Å². The first kappa shape index (κ1) is 20.8. The molecule has 4 N–H and O–H groups in total. The molecule has 0 saturated carbocycles. The maximum atomic E-state index is 12.6. The molecule has 0 fully saturated rings. The third-order valence-electron chi connectivity index (χ3n) is 3.18. The fraction of sp³-hybridized carbons (Fsp3) is 0. The van der Waals surface area contributed by atoms with Crippen molar-refractivity contribution in [2.75, 3.05) is 4.41 Å². The second kappa shape index (κ2) is 8.93. The molecule has 12 heteroatoms. The first-order valence-corrected chi connectivity index (χ1v) is 9.29. The number of carbonyl (C=O) groups is 1. The predicted octanol–water partition coefficient (Wildman–Crippen LogP) is 2.86. The number of rotatable bonds is 6. The number of halogens is 2. The number of hydrogen-bond acceptors (Lipinski definition) is 7. The molecule has 0 spiro atoms. The molecule has 2 aromatic rings. The number of carbonyl (C=O) groups excluding carboxylic acids is 1. The summed E-state index contributed by atoms with van der Waals surface area (Å²) >= 11 is 11.7. The number of nitrogens with zero attached hydrogens (tertiary/aromatic N) is 3. The van der Waals surface area contributed by atoms with Crippen LogP contribution in [0.2, 0.25) is 10.0 Å². The van der Waals surface area contributed by atoms with E-state index in [2.05, 4.69) is 21.2 Å². The predicted molar refractivity (Wildman–Crippen MR) is 101 cm³/mol. The average Bonchev–Trinajstić information content (AvgIpc) is 2.64. The maximum Gasteiger partial charge on any atom is 0.291 e. The third kappa shape index (κ3) is 5.25. The molecule has 0 radical (unpaired) electrons. The zero-order valence-corrected chi connectivity index (χ0v) is 15.8. The Morgan fingerprint density at radius 3 is 2.41 bits per heavy atom. The molecule has 0 aliphatic carbocycles. The van der Waals surface area contributed by atoms with Gasteiger partial charge in [-0.25, -0.2) is 10.3 Å². The summed E-state index contributed by atoms with van der Waals surface area (Å²) in [5.41, 5.74) is 0.770. The van der Waals surface area contributed by atoms with Gasteiger partial charge in [-0.05, 0) is 42.0 Å². The van der Waals surface area contributed by atoms with Gasteiger partial charge in [0, 0.05) is 11.1 Å². The van der Waals surface area contributed by atoms with E-state index in [0.717, 1.165) is 6.08 Å². The van der Waals surface area contributed by atoms with E-state index in [1.165, 1.54) is 36.4 Å². The van der Waals surface area contributed by atoms with E-state index in [0.29, 0.717) is 15.0 Å². The van der Waals surface area contributed by atoms with Crippen LogP contribution >= 0.6 is 23.2 Å². The van der Waals surface area contributed by atoms with Crippen LogP contribution in [0.4, 0.5) is 5.69 Å². The second-order valence-corrected chi connectivity index (χ2v) is 7.55. The van der Waals surface area contributed by atoms with Gasteiger partial charge in [0.05, 0.1) is 16.0 Å². The average molecular weight is 430 g/mol. The lowest BCUT2D eigenvalue weighted by Gasteiger charge is -2.19. The van der Waals surface area contributed by atoms with E-state index >= 15 is 0 Å². The topological polar surface area (TPSA) is 140 Å². The summed E-state index contributed by atoms with van der Waals surface area (Å²) in [6.07, 6.45) is 2.56. The lowest BCUT2D eigenvalue weighted by atomic mass is 10.2. The van der Waals surface area contributed by atoms with Gasteiger partial charge in [0.2, 0.25) is 0 Å². The van der Waals surface area contributed by atoms with Gasteiger partial charge in [-0.3, -0.25) is 9.73 Å². The van der Waals surface area contributed by atoms with Crippen LogP contribution in [0.3, 0.4) is 0 Å². The molecule has 0 saturated heterocycles. The molecular formula is C15H13Cl2N5O4S. The molecule has 142 valence electrons. The van der Waals surface area contributed by atoms with E-state index in [1.807, 2.05) is 0 Å². The molecule has 0 heterocycles. The van der Waals surface area contributed by atoms with Crippen LogP contribution in [-0.2, 0) is 19.8 Å². The Morgan fingerprint density at radius 1 is 1.15 bits per heavy atom. The lowest BCUT2D eigenvalue weighted by Crippen LogP contribution is -2.37. The Morgan fingerprint density at radius 2 is 1.81 bits per heavy atom. The van der Waals surface area contributed by atoms with Crippen molar-refractivity contribution in [3.63, 3.8) is 0 Å². The van der Waals surface area contributed by atoms with Crippen molar-refractivity contribution < 1.29 is 18.2 Å². The molecule has 1 amide bonds. The Kier molecular flexibility index (Phi) is 6.88. The quantitative estimate of drug-likeness (QED) is 0.313. The summed E-state index contributed by atoms with van der Waals surface area (Å²) in [4.78, 5) is 14.9. The summed E-state index contributed by atoms with van der Waals surface area (Å²) in [5, 5.41) is 6.24. The zero-order valence-electron chi connectivity index (χ0n) is 13.5. The molecule has 0 unspecified atom stereocenters. The van der Waals surface area contributed by atoms with Crippen LogP contribution in [0.25, 0.3) is 6.08 Å². The van der Waals surface area contributed by atoms with Crippen LogP contribution < -0.4 is 16.2 Å². The molecule has 0 aliphatic rings. The van der Waals surface area contributed by atoms with Gasteiger partial charge in [0.1, 0.15) is 4.90 Å². The van der Waals surface area contributed by atoms with Crippen molar-refractivity contribution >= 4 is 50.9 Å². The molecule has 0 atom stereocenters. The third-order valence-corrected chi connectivity index (χ3v) is 5.48. The van der Waals surface area contributed by atoms with Gasteiger partial charge in [-0.2, -0.15) is 8.42 Å². The fourth-order valence-corrected chi connectivity index (χ4v) is 3.78. The van der Waals surface area contributed by atoms with Gasteiger partial charge in [-0.1, -0.05) is 40.4 Å². The van der Waals surface area contributed by atoms with Gasteiger partial charge >= 0.3 is 0 Å². The van der Waals surface area contributed by atoms with Crippen LogP contribution in [0.1, 0.15) is 5.56 Å². The smallest absolute Gasteiger partial charge is 0.282 e. The number of sulfonamides is 1. The minimum atomic E-state index is -4.09. The van der Waals surface area contributed by atoms with E-state index in [1.54, 1.807) is 12.1 Å². The minimum Gasteiger partial charge on any atom is -0.282 e. The molecule has 2 rings (SSSR count). The largest absolute Gasteiger partial charge is 0.291 e. The van der Waals surface area contributed by atoms with Crippen molar-refractivity contribution in [3.05, 3.63) is 64.1 Å². The summed E-state index contributed by atoms with van der Waals surface area (Å²) < 4.78 is 25.9. The highest BCUT2D eigenvalue weighted by Crippen LogP contribution is 2.28. The van der Waals surface area contributed by atoms with Crippen LogP contribution in [0, 0.1) is 0 Å². The SMILES string of the molecule is NON=NC(=O)/C=C/c1ccc(N(N)S(=O)(=O)c2ccc(Cl)cc2Cl)cc1. The standard InChI is InChI=1S/C15H13Cl2N5O4S/c16-11-4-7-14(13(17)9-11)27(24,25)22(18)12-5-1-10(2-6-12)3-8-15(23)20-21-26-19/h1-9H,18-19H2/b8-3+,21-20?. The number of anilines is 1. The van der Waals surface area contributed by atoms with E-state index in [-0.39, 0.29) is 15.6 Å². The molecule has 0 aliphatic heterocycles. The first-order chi connectivity index (χ1) is 12.8. The molecule has 9 nitrogen and oxygen atoms in total. The molecular weight excluding hydrogens is 417 g/mol. The first-order valence-electron chi connectivity index (χ1n) is 7.10. The Balaban J connectivity index is 2.22. The zero-order chi connectivity index (χ0) is 20.0. The minimum absolute atomic E-state index is 0.0494. The highest BCUT2D eigenvalue weighted by Gasteiger charge is 2.25. The fourth-order valence-electron chi connectivity index (χ4n) is 1.93. The number of benzene rings is 2. The van der Waals surface area contributed by atoms with Crippen molar-refractivity contribution in [2.24, 2.45) is 22.1 Å². The summed E-state index contributed by atoms with van der Waals surface area (Å²) in [6, 6.07) is 9.98. The van der Waals surface area contributed by atoms with Crippen molar-refractivity contribution in [1.82, 2.24) is 0 Å². The van der Waals surface area contributed by atoms with Crippen molar-refractivity contribution in [1.29, 1.82) is 0 Å². The highest BCUT2D eigenvalue weighted by molar-refractivity contribution is 7.92. The number of hydrogen-bond donors (Lipinski definition) is 2. The van der Waals surface area contributed by atoms with Crippen LogP contribution in [0.5, 0.6) is 0 Å². The Labute approximate surface area is 164 Å². The van der Waals surface area contributed by atoms with Crippen LogP contribution in [0.15, 0.2) is 63.8 Å². The van der Waals surface area contributed by atoms with Gasteiger partial charge < -0.3 is 0 Å². The normalized spacial score (nSPS) is 11.9. The van der Waals surface area contributed by atoms with Crippen molar-refractivity contribution in [3.8, 4) is 0 Å². The van der Waals surface area contributed by atoms with Gasteiger partial charge in [0.15, 0.2) is 0 Å². The van der Waals surface area contributed by atoms with E-state index < -0.39 is 15.9 Å². The summed E-state index contributed by atoms with van der Waals surface area (Å²) in [6.45, 7) is 0. The Bertz CT molecular complexity index is 994. The number of amides is 1. The number of hydrazine groups is 1. The van der Waals surface area contributed by atoms with E-state index in [9.17, 15) is 13.2 Å². The lowest BCUT2D eigenvalue weighted by molar-refractivity contribution is -0.114. The summed E-state index contributed by atoms with van der Waals surface area (Å²) in [5.74, 6) is 9.68. The Hall–Kier alpha value is -2.50. The maximum absolute atomic E-state index is 12.6. The molecule has 2 aromatic carbocycles. The van der Waals surface area contributed by atoms with Crippen LogP contribution in [-0.4, -0.2) is 14.3 Å². The highest BCUT2D eigenvalue weighted by atomic mass is 35.5. The number of nitrogens with two attached hydrogens (primary N) is 2. The second-order valence-electron chi connectivity index (χ2n) is 4.93. The van der Waals surface area contributed by atoms with E-state index in [4.69, 9.17) is 29.0 Å². The van der Waals surface area contributed by atoms with Crippen molar-refractivity contribution in [2.45, 2.75) is 4.90 Å².